The van der Waals surface area contributed by atoms with Crippen LogP contribution in [0.25, 0.3) is 16.8 Å². The third-order valence-corrected chi connectivity index (χ3v) is 5.71. The number of urea groups is 1. The SMILES string of the molecule is CCOC(=O)c1c(NC(=O)Nc2ccc(F)cc2)cc(Cl)n1-c1ccc(-c2cccc(OC)c2O)cc1. The van der Waals surface area contributed by atoms with Gasteiger partial charge >= 0.3 is 12.0 Å². The average molecular weight is 524 g/mol. The molecule has 0 radical (unpaired) electrons. The molecule has 1 heterocycles. The molecule has 37 heavy (non-hydrogen) atoms. The van der Waals surface area contributed by atoms with Gasteiger partial charge in [-0.2, -0.15) is 0 Å². The second-order valence-electron chi connectivity index (χ2n) is 7.77. The zero-order valence-corrected chi connectivity index (χ0v) is 20.7. The minimum absolute atomic E-state index is 0.00242. The standard InChI is InChI=1S/C27H23ClFN3O5/c1-3-37-26(34)24-21(31-27(35)30-18-11-9-17(29)10-12-18)15-23(28)32(24)19-13-7-16(8-14-19)20-5-4-6-22(36-2)25(20)33/h4-15,33H,3H2,1-2H3,(H2,30,31,35). The number of halogens is 2. The Labute approximate surface area is 217 Å². The molecule has 4 rings (SSSR count). The summed E-state index contributed by atoms with van der Waals surface area (Å²) in [5.74, 6) is -0.787. The molecule has 190 valence electrons. The molecule has 0 bridgehead atoms. The van der Waals surface area contributed by atoms with Crippen molar-refractivity contribution in [1.82, 2.24) is 4.57 Å². The molecule has 0 aliphatic heterocycles. The fourth-order valence-electron chi connectivity index (χ4n) is 3.76. The molecule has 0 aliphatic carbocycles. The van der Waals surface area contributed by atoms with Crippen molar-refractivity contribution in [2.24, 2.45) is 0 Å². The number of anilines is 2. The minimum atomic E-state index is -0.694. The van der Waals surface area contributed by atoms with Crippen molar-refractivity contribution < 1.29 is 28.6 Å². The Kier molecular flexibility index (Phi) is 7.64. The number of phenolic OH excluding ortho intramolecular Hbond substituents is 1. The predicted molar refractivity (Wildman–Crippen MR) is 139 cm³/mol. The summed E-state index contributed by atoms with van der Waals surface area (Å²) in [4.78, 5) is 25.5. The summed E-state index contributed by atoms with van der Waals surface area (Å²) >= 11 is 6.50. The second kappa shape index (κ2) is 11.0. The molecular formula is C27H23ClFN3O5. The number of benzene rings is 3. The highest BCUT2D eigenvalue weighted by atomic mass is 35.5. The molecular weight excluding hydrogens is 501 g/mol. The normalized spacial score (nSPS) is 10.6. The van der Waals surface area contributed by atoms with E-state index < -0.39 is 17.8 Å². The molecule has 8 nitrogen and oxygen atoms in total. The van der Waals surface area contributed by atoms with E-state index in [0.29, 0.717) is 28.3 Å². The summed E-state index contributed by atoms with van der Waals surface area (Å²) in [6.45, 7) is 1.77. The molecule has 3 aromatic carbocycles. The van der Waals surface area contributed by atoms with Crippen LogP contribution < -0.4 is 15.4 Å². The quantitative estimate of drug-likeness (QED) is 0.241. The van der Waals surface area contributed by atoms with Gasteiger partial charge in [-0.25, -0.2) is 14.0 Å². The number of carbonyl (C=O) groups excluding carboxylic acids is 2. The van der Waals surface area contributed by atoms with Gasteiger partial charge in [0, 0.05) is 23.0 Å². The Morgan fingerprint density at radius 3 is 2.38 bits per heavy atom. The number of nitrogens with one attached hydrogen (secondary N) is 2. The second-order valence-corrected chi connectivity index (χ2v) is 8.16. The van der Waals surface area contributed by atoms with Crippen LogP contribution in [0, 0.1) is 5.82 Å². The summed E-state index contributed by atoms with van der Waals surface area (Å²) < 4.78 is 25.0. The monoisotopic (exact) mass is 523 g/mol. The largest absolute Gasteiger partial charge is 0.504 e. The lowest BCUT2D eigenvalue weighted by atomic mass is 10.0. The molecule has 0 fully saturated rings. The smallest absolute Gasteiger partial charge is 0.357 e. The molecule has 4 aromatic rings. The Morgan fingerprint density at radius 1 is 1.03 bits per heavy atom. The molecule has 10 heteroatoms. The lowest BCUT2D eigenvalue weighted by molar-refractivity contribution is 0.0518. The van der Waals surface area contributed by atoms with Crippen LogP contribution in [0.15, 0.2) is 72.8 Å². The fourth-order valence-corrected chi connectivity index (χ4v) is 4.05. The number of methoxy groups -OCH3 is 1. The molecule has 3 N–H and O–H groups in total. The predicted octanol–water partition coefficient (Wildman–Crippen LogP) is 6.47. The first-order chi connectivity index (χ1) is 17.8. The summed E-state index contributed by atoms with van der Waals surface area (Å²) in [6, 6.07) is 18.1. The number of hydrogen-bond acceptors (Lipinski definition) is 5. The number of amides is 2. The third kappa shape index (κ3) is 5.52. The summed E-state index contributed by atoms with van der Waals surface area (Å²) in [7, 11) is 1.47. The summed E-state index contributed by atoms with van der Waals surface area (Å²) in [5.41, 5.74) is 2.29. The van der Waals surface area contributed by atoms with Gasteiger partial charge in [-0.3, -0.25) is 4.57 Å². The van der Waals surface area contributed by atoms with E-state index in [1.54, 1.807) is 49.4 Å². The van der Waals surface area contributed by atoms with Gasteiger partial charge in [-0.15, -0.1) is 0 Å². The maximum atomic E-state index is 13.2. The van der Waals surface area contributed by atoms with Crippen molar-refractivity contribution in [3.63, 3.8) is 0 Å². The van der Waals surface area contributed by atoms with E-state index in [2.05, 4.69) is 10.6 Å². The summed E-state index contributed by atoms with van der Waals surface area (Å²) in [6.07, 6.45) is 0. The number of rotatable bonds is 7. The van der Waals surface area contributed by atoms with Gasteiger partial charge in [0.2, 0.25) is 0 Å². The molecule has 0 saturated carbocycles. The van der Waals surface area contributed by atoms with Gasteiger partial charge < -0.3 is 25.2 Å². The van der Waals surface area contributed by atoms with Crippen LogP contribution in [0.2, 0.25) is 5.15 Å². The van der Waals surface area contributed by atoms with Crippen LogP contribution in [0.3, 0.4) is 0 Å². The maximum absolute atomic E-state index is 13.2. The first-order valence-corrected chi connectivity index (χ1v) is 11.6. The molecule has 0 unspecified atom stereocenters. The van der Waals surface area contributed by atoms with Gasteiger partial charge in [0.05, 0.1) is 19.4 Å². The maximum Gasteiger partial charge on any atom is 0.357 e. The Balaban J connectivity index is 1.67. The molecule has 0 saturated heterocycles. The molecule has 0 aliphatic rings. The summed E-state index contributed by atoms with van der Waals surface area (Å²) in [5, 5.41) is 15.8. The van der Waals surface area contributed by atoms with E-state index >= 15 is 0 Å². The van der Waals surface area contributed by atoms with Crippen LogP contribution in [-0.2, 0) is 4.74 Å². The zero-order chi connectivity index (χ0) is 26.5. The van der Waals surface area contributed by atoms with Crippen molar-refractivity contribution >= 4 is 35.0 Å². The number of ether oxygens (including phenoxy) is 2. The van der Waals surface area contributed by atoms with Crippen molar-refractivity contribution in [3.05, 3.63) is 89.5 Å². The lowest BCUT2D eigenvalue weighted by Crippen LogP contribution is -2.22. The van der Waals surface area contributed by atoms with Crippen LogP contribution in [0.1, 0.15) is 17.4 Å². The van der Waals surface area contributed by atoms with E-state index in [-0.39, 0.29) is 28.9 Å². The number of carbonyl (C=O) groups is 2. The number of para-hydroxylation sites is 1. The average Bonchev–Trinajstić information content (AvgIpc) is 3.21. The van der Waals surface area contributed by atoms with Gasteiger partial charge in [-0.1, -0.05) is 35.9 Å². The van der Waals surface area contributed by atoms with Crippen molar-refractivity contribution in [2.45, 2.75) is 6.92 Å². The fraction of sp³-hybridized carbons (Fsp3) is 0.111. The topological polar surface area (TPSA) is 102 Å². The van der Waals surface area contributed by atoms with E-state index in [4.69, 9.17) is 21.1 Å². The highest BCUT2D eigenvalue weighted by Gasteiger charge is 2.24. The Hall–Kier alpha value is -4.50. The molecule has 2 amide bonds. The van der Waals surface area contributed by atoms with Crippen molar-refractivity contribution in [1.29, 1.82) is 0 Å². The number of phenols is 1. The van der Waals surface area contributed by atoms with E-state index in [1.165, 1.54) is 42.0 Å². The number of hydrogen-bond donors (Lipinski definition) is 3. The number of aromatic hydroxyl groups is 1. The van der Waals surface area contributed by atoms with Crippen LogP contribution in [0.5, 0.6) is 11.5 Å². The zero-order valence-electron chi connectivity index (χ0n) is 19.9. The van der Waals surface area contributed by atoms with Gasteiger partial charge in [-0.05, 0) is 55.0 Å². The van der Waals surface area contributed by atoms with Crippen LogP contribution >= 0.6 is 11.6 Å². The molecule has 0 atom stereocenters. The van der Waals surface area contributed by atoms with Crippen LogP contribution in [-0.4, -0.2) is 35.4 Å². The third-order valence-electron chi connectivity index (χ3n) is 5.43. The van der Waals surface area contributed by atoms with Gasteiger partial charge in [0.1, 0.15) is 11.0 Å². The van der Waals surface area contributed by atoms with Gasteiger partial charge in [0.15, 0.2) is 17.2 Å². The highest BCUT2D eigenvalue weighted by Crippen LogP contribution is 2.37. The van der Waals surface area contributed by atoms with E-state index in [0.717, 1.165) is 0 Å². The number of nitrogens with zero attached hydrogens (tertiary/aromatic N) is 1. The van der Waals surface area contributed by atoms with E-state index in [1.807, 2.05) is 0 Å². The van der Waals surface area contributed by atoms with Crippen molar-refractivity contribution in [2.75, 3.05) is 24.4 Å². The first-order valence-electron chi connectivity index (χ1n) is 11.2. The van der Waals surface area contributed by atoms with Crippen LogP contribution in [0.4, 0.5) is 20.6 Å². The minimum Gasteiger partial charge on any atom is -0.504 e. The van der Waals surface area contributed by atoms with Crippen molar-refractivity contribution in [3.8, 4) is 28.3 Å². The van der Waals surface area contributed by atoms with E-state index in [9.17, 15) is 19.1 Å². The number of esters is 1. The Morgan fingerprint density at radius 2 is 1.73 bits per heavy atom. The first kappa shape index (κ1) is 25.6. The molecule has 0 spiro atoms. The number of aromatic nitrogens is 1. The molecule has 1 aromatic heterocycles. The highest BCUT2D eigenvalue weighted by molar-refractivity contribution is 6.31. The Bertz CT molecular complexity index is 1440. The van der Waals surface area contributed by atoms with Gasteiger partial charge in [0.25, 0.3) is 0 Å². The lowest BCUT2D eigenvalue weighted by Gasteiger charge is -2.14.